The molecule has 0 amide bonds. The number of hydrogen-bond acceptors (Lipinski definition) is 6. The van der Waals surface area contributed by atoms with Crippen molar-refractivity contribution in [1.82, 2.24) is 0 Å². The van der Waals surface area contributed by atoms with Crippen molar-refractivity contribution in [3.63, 3.8) is 0 Å². The molecule has 0 bridgehead atoms. The molecule has 0 rings (SSSR count). The van der Waals surface area contributed by atoms with Gasteiger partial charge in [0.05, 0.1) is 6.61 Å². The highest BCUT2D eigenvalue weighted by atomic mass is 16.5. The van der Waals surface area contributed by atoms with Crippen molar-refractivity contribution in [2.24, 2.45) is 5.18 Å². The van der Waals surface area contributed by atoms with Gasteiger partial charge in [0.1, 0.15) is 0 Å². The molecule has 0 aromatic carbocycles. The van der Waals surface area contributed by atoms with Crippen LogP contribution in [0.5, 0.6) is 0 Å². The standard InChI is InChI=1S/C12H23NO5/c1-2-18-11(16)12(13-17,7-3-5-9-14)8-4-6-10-15/h14-15H,2-10H2,1H3. The molecule has 0 spiro atoms. The van der Waals surface area contributed by atoms with Crippen LogP contribution in [-0.2, 0) is 9.53 Å². The number of aliphatic hydroxyl groups is 2. The van der Waals surface area contributed by atoms with Crippen LogP contribution in [-0.4, -0.2) is 41.5 Å². The van der Waals surface area contributed by atoms with E-state index < -0.39 is 11.5 Å². The van der Waals surface area contributed by atoms with Gasteiger partial charge in [0.15, 0.2) is 5.54 Å². The van der Waals surface area contributed by atoms with Crippen molar-refractivity contribution in [2.75, 3.05) is 19.8 Å². The highest BCUT2D eigenvalue weighted by Crippen LogP contribution is 2.27. The van der Waals surface area contributed by atoms with Gasteiger partial charge in [0.25, 0.3) is 0 Å². The monoisotopic (exact) mass is 261 g/mol. The molecule has 0 aromatic heterocycles. The molecule has 0 heterocycles. The first-order chi connectivity index (χ1) is 8.66. The van der Waals surface area contributed by atoms with Crippen LogP contribution in [0.1, 0.15) is 45.4 Å². The first-order valence-corrected chi connectivity index (χ1v) is 6.40. The van der Waals surface area contributed by atoms with Gasteiger partial charge in [0.2, 0.25) is 0 Å². The highest BCUT2D eigenvalue weighted by Gasteiger charge is 2.40. The Bertz CT molecular complexity index is 235. The number of nitroso groups, excluding NO2 is 1. The van der Waals surface area contributed by atoms with Gasteiger partial charge in [0, 0.05) is 13.2 Å². The second kappa shape index (κ2) is 9.96. The van der Waals surface area contributed by atoms with E-state index >= 15 is 0 Å². The summed E-state index contributed by atoms with van der Waals surface area (Å²) < 4.78 is 4.90. The number of carbonyl (C=O) groups is 1. The van der Waals surface area contributed by atoms with E-state index in [0.717, 1.165) is 0 Å². The van der Waals surface area contributed by atoms with Gasteiger partial charge in [-0.25, -0.2) is 4.79 Å². The number of hydrogen-bond donors (Lipinski definition) is 2. The molecule has 0 aliphatic heterocycles. The van der Waals surface area contributed by atoms with E-state index in [1.807, 2.05) is 0 Å². The first kappa shape index (κ1) is 17.0. The molecule has 18 heavy (non-hydrogen) atoms. The van der Waals surface area contributed by atoms with Gasteiger partial charge in [-0.3, -0.25) is 0 Å². The Labute approximate surface area is 107 Å². The average molecular weight is 261 g/mol. The minimum Gasteiger partial charge on any atom is -0.464 e. The summed E-state index contributed by atoms with van der Waals surface area (Å²) in [6.07, 6.45) is 2.69. The van der Waals surface area contributed by atoms with Crippen molar-refractivity contribution < 1.29 is 19.7 Å². The molecular weight excluding hydrogens is 238 g/mol. The fourth-order valence-electron chi connectivity index (χ4n) is 1.78. The lowest BCUT2D eigenvalue weighted by atomic mass is 9.88. The summed E-state index contributed by atoms with van der Waals surface area (Å²) in [5, 5.41) is 20.5. The first-order valence-electron chi connectivity index (χ1n) is 6.40. The number of aliphatic hydroxyl groups excluding tert-OH is 2. The summed E-state index contributed by atoms with van der Waals surface area (Å²) in [5.41, 5.74) is -1.36. The van der Waals surface area contributed by atoms with Gasteiger partial charge >= 0.3 is 5.97 Å². The summed E-state index contributed by atoms with van der Waals surface area (Å²) in [4.78, 5) is 22.9. The van der Waals surface area contributed by atoms with Crippen molar-refractivity contribution >= 4 is 5.97 Å². The average Bonchev–Trinajstić information content (AvgIpc) is 2.37. The summed E-state index contributed by atoms with van der Waals surface area (Å²) in [5.74, 6) is -0.601. The third kappa shape index (κ3) is 5.55. The zero-order chi connectivity index (χ0) is 13.9. The van der Waals surface area contributed by atoms with E-state index in [-0.39, 0.29) is 32.7 Å². The molecule has 0 fully saturated rings. The number of nitrogens with zero attached hydrogens (tertiary/aromatic N) is 1. The van der Waals surface area contributed by atoms with Crippen LogP contribution in [0.15, 0.2) is 5.18 Å². The maximum Gasteiger partial charge on any atom is 0.337 e. The van der Waals surface area contributed by atoms with Crippen LogP contribution >= 0.6 is 0 Å². The minimum absolute atomic E-state index is 0.0222. The van der Waals surface area contributed by atoms with Crippen LogP contribution in [0, 0.1) is 4.91 Å². The van der Waals surface area contributed by atoms with Crippen molar-refractivity contribution in [3.8, 4) is 0 Å². The van der Waals surface area contributed by atoms with Crippen molar-refractivity contribution in [1.29, 1.82) is 0 Å². The zero-order valence-corrected chi connectivity index (χ0v) is 10.9. The van der Waals surface area contributed by atoms with E-state index in [1.54, 1.807) is 6.92 Å². The number of carbonyl (C=O) groups excluding carboxylic acids is 1. The lowest BCUT2D eigenvalue weighted by Crippen LogP contribution is -2.38. The van der Waals surface area contributed by atoms with Gasteiger partial charge < -0.3 is 14.9 Å². The summed E-state index contributed by atoms with van der Waals surface area (Å²) in [6.45, 7) is 1.92. The Kier molecular flexibility index (Phi) is 9.40. The molecule has 106 valence electrons. The molecule has 0 aliphatic carbocycles. The molecular formula is C12H23NO5. The summed E-state index contributed by atoms with van der Waals surface area (Å²) in [6, 6.07) is 0. The van der Waals surface area contributed by atoms with E-state index in [4.69, 9.17) is 14.9 Å². The molecule has 2 N–H and O–H groups in total. The largest absolute Gasteiger partial charge is 0.464 e. The van der Waals surface area contributed by atoms with Crippen LogP contribution in [0.4, 0.5) is 0 Å². The number of esters is 1. The molecule has 0 aromatic rings. The second-order valence-corrected chi connectivity index (χ2v) is 4.20. The van der Waals surface area contributed by atoms with E-state index in [2.05, 4.69) is 5.18 Å². The SMILES string of the molecule is CCOC(=O)C(CCCCO)(CCCCO)N=O. The number of rotatable bonds is 11. The van der Waals surface area contributed by atoms with Gasteiger partial charge in [-0.05, 0) is 45.4 Å². The summed E-state index contributed by atoms with van der Waals surface area (Å²) in [7, 11) is 0. The van der Waals surface area contributed by atoms with Crippen molar-refractivity contribution in [3.05, 3.63) is 4.91 Å². The van der Waals surface area contributed by atoms with Crippen LogP contribution in [0.25, 0.3) is 0 Å². The lowest BCUT2D eigenvalue weighted by molar-refractivity contribution is -0.150. The van der Waals surface area contributed by atoms with Crippen LogP contribution in [0.2, 0.25) is 0 Å². The van der Waals surface area contributed by atoms with Gasteiger partial charge in [-0.15, -0.1) is 4.91 Å². The Morgan fingerprint density at radius 1 is 1.11 bits per heavy atom. The minimum atomic E-state index is -1.36. The quantitative estimate of drug-likeness (QED) is 0.333. The fourth-order valence-corrected chi connectivity index (χ4v) is 1.78. The maximum atomic E-state index is 11.8. The third-order valence-corrected chi connectivity index (χ3v) is 2.83. The number of ether oxygens (including phenoxy) is 1. The molecule has 0 saturated carbocycles. The molecule has 0 radical (unpaired) electrons. The van der Waals surface area contributed by atoms with Gasteiger partial charge in [-0.1, -0.05) is 5.18 Å². The molecule has 0 aliphatic rings. The topological polar surface area (TPSA) is 96.2 Å². The zero-order valence-electron chi connectivity index (χ0n) is 10.9. The Hall–Kier alpha value is -1.01. The molecule has 6 nitrogen and oxygen atoms in total. The molecule has 0 unspecified atom stereocenters. The second-order valence-electron chi connectivity index (χ2n) is 4.20. The Morgan fingerprint density at radius 2 is 1.61 bits per heavy atom. The predicted molar refractivity (Wildman–Crippen MR) is 67.0 cm³/mol. The van der Waals surface area contributed by atoms with Crippen LogP contribution < -0.4 is 0 Å². The van der Waals surface area contributed by atoms with Gasteiger partial charge in [-0.2, -0.15) is 0 Å². The fraction of sp³-hybridized carbons (Fsp3) is 0.917. The van der Waals surface area contributed by atoms with E-state index in [1.165, 1.54) is 0 Å². The van der Waals surface area contributed by atoms with Crippen LogP contribution in [0.3, 0.4) is 0 Å². The predicted octanol–water partition coefficient (Wildman–Crippen LogP) is 1.38. The summed E-state index contributed by atoms with van der Waals surface area (Å²) >= 11 is 0. The highest BCUT2D eigenvalue weighted by molar-refractivity contribution is 5.81. The number of unbranched alkanes of at least 4 members (excludes halogenated alkanes) is 2. The molecule has 0 atom stereocenters. The molecule has 6 heteroatoms. The smallest absolute Gasteiger partial charge is 0.337 e. The lowest BCUT2D eigenvalue weighted by Gasteiger charge is -2.23. The Balaban J connectivity index is 4.59. The molecule has 0 saturated heterocycles. The normalized spacial score (nSPS) is 11.3. The maximum absolute atomic E-state index is 11.8. The van der Waals surface area contributed by atoms with Crippen molar-refractivity contribution in [2.45, 2.75) is 51.0 Å². The third-order valence-electron chi connectivity index (χ3n) is 2.83. The van der Waals surface area contributed by atoms with E-state index in [0.29, 0.717) is 25.7 Å². The van der Waals surface area contributed by atoms with E-state index in [9.17, 15) is 9.70 Å². The Morgan fingerprint density at radius 3 is 1.94 bits per heavy atom.